The van der Waals surface area contributed by atoms with E-state index < -0.39 is 0 Å². The Kier molecular flexibility index (Phi) is 3.44. The SMILES string of the molecule is Cc1ccc(CCN(C)CC2CNC2)o1. The molecule has 1 aromatic heterocycles. The molecule has 0 aromatic carbocycles. The average Bonchev–Trinajstić information content (AvgIpc) is 2.55. The summed E-state index contributed by atoms with van der Waals surface area (Å²) in [5.41, 5.74) is 0. The number of furan rings is 1. The van der Waals surface area contributed by atoms with Crippen LogP contribution in [0.15, 0.2) is 16.5 Å². The first-order chi connectivity index (χ1) is 7.24. The monoisotopic (exact) mass is 208 g/mol. The van der Waals surface area contributed by atoms with Crippen molar-refractivity contribution in [2.45, 2.75) is 13.3 Å². The molecule has 3 nitrogen and oxygen atoms in total. The Hall–Kier alpha value is -0.800. The summed E-state index contributed by atoms with van der Waals surface area (Å²) in [5, 5.41) is 3.30. The second-order valence-corrected chi connectivity index (χ2v) is 4.55. The van der Waals surface area contributed by atoms with Crippen molar-refractivity contribution in [2.24, 2.45) is 5.92 Å². The van der Waals surface area contributed by atoms with E-state index in [1.807, 2.05) is 13.0 Å². The number of hydrogen-bond acceptors (Lipinski definition) is 3. The molecular weight excluding hydrogens is 188 g/mol. The van der Waals surface area contributed by atoms with Gasteiger partial charge in [0.2, 0.25) is 0 Å². The standard InChI is InChI=1S/C12H20N2O/c1-10-3-4-12(15-10)5-6-14(2)9-11-7-13-8-11/h3-4,11,13H,5-9H2,1-2H3. The lowest BCUT2D eigenvalue weighted by atomic mass is 10.0. The molecule has 0 saturated carbocycles. The zero-order valence-electron chi connectivity index (χ0n) is 9.62. The summed E-state index contributed by atoms with van der Waals surface area (Å²) in [7, 11) is 2.19. The molecule has 0 unspecified atom stereocenters. The lowest BCUT2D eigenvalue weighted by molar-refractivity contribution is 0.223. The van der Waals surface area contributed by atoms with Crippen LogP contribution in [0.25, 0.3) is 0 Å². The molecule has 3 heteroatoms. The van der Waals surface area contributed by atoms with Gasteiger partial charge in [-0.25, -0.2) is 0 Å². The van der Waals surface area contributed by atoms with Crippen molar-refractivity contribution in [3.05, 3.63) is 23.7 Å². The van der Waals surface area contributed by atoms with Crippen LogP contribution in [0.2, 0.25) is 0 Å². The van der Waals surface area contributed by atoms with Crippen LogP contribution in [0.1, 0.15) is 11.5 Å². The quantitative estimate of drug-likeness (QED) is 0.790. The molecule has 1 N–H and O–H groups in total. The second kappa shape index (κ2) is 4.81. The highest BCUT2D eigenvalue weighted by atomic mass is 16.3. The largest absolute Gasteiger partial charge is 0.466 e. The van der Waals surface area contributed by atoms with Gasteiger partial charge in [-0.1, -0.05) is 0 Å². The molecule has 0 spiro atoms. The first-order valence-corrected chi connectivity index (χ1v) is 5.68. The third kappa shape index (κ3) is 3.08. The number of likely N-dealkylation sites (N-methyl/N-ethyl adjacent to an activating group) is 1. The van der Waals surface area contributed by atoms with Crippen LogP contribution in [-0.2, 0) is 6.42 Å². The van der Waals surface area contributed by atoms with E-state index in [0.717, 1.165) is 30.4 Å². The molecule has 2 heterocycles. The zero-order chi connectivity index (χ0) is 10.7. The highest BCUT2D eigenvalue weighted by molar-refractivity contribution is 5.05. The van der Waals surface area contributed by atoms with Gasteiger partial charge in [0.25, 0.3) is 0 Å². The maximum absolute atomic E-state index is 5.54. The summed E-state index contributed by atoms with van der Waals surface area (Å²) in [4.78, 5) is 2.39. The van der Waals surface area contributed by atoms with Crippen molar-refractivity contribution in [3.8, 4) is 0 Å². The fourth-order valence-electron chi connectivity index (χ4n) is 1.93. The number of rotatable bonds is 5. The number of hydrogen-bond donors (Lipinski definition) is 1. The van der Waals surface area contributed by atoms with Crippen molar-refractivity contribution in [1.29, 1.82) is 0 Å². The topological polar surface area (TPSA) is 28.4 Å². The fourth-order valence-corrected chi connectivity index (χ4v) is 1.93. The molecule has 2 rings (SSSR count). The third-order valence-corrected chi connectivity index (χ3v) is 2.97. The minimum absolute atomic E-state index is 0.855. The summed E-state index contributed by atoms with van der Waals surface area (Å²) in [6.07, 6.45) is 1.02. The molecule has 1 aromatic rings. The van der Waals surface area contributed by atoms with Crippen LogP contribution < -0.4 is 5.32 Å². The maximum atomic E-state index is 5.54. The molecular formula is C12H20N2O. The highest BCUT2D eigenvalue weighted by Gasteiger charge is 2.18. The van der Waals surface area contributed by atoms with E-state index in [1.165, 1.54) is 19.6 Å². The Morgan fingerprint density at radius 1 is 1.47 bits per heavy atom. The first-order valence-electron chi connectivity index (χ1n) is 5.68. The van der Waals surface area contributed by atoms with Gasteiger partial charge in [0.05, 0.1) is 0 Å². The lowest BCUT2D eigenvalue weighted by Crippen LogP contribution is -2.47. The van der Waals surface area contributed by atoms with Crippen LogP contribution in [0.4, 0.5) is 0 Å². The predicted octanol–water partition coefficient (Wildman–Crippen LogP) is 1.28. The third-order valence-electron chi connectivity index (χ3n) is 2.97. The molecule has 0 amide bonds. The lowest BCUT2D eigenvalue weighted by Gasteiger charge is -2.31. The van der Waals surface area contributed by atoms with Crippen molar-refractivity contribution >= 4 is 0 Å². The van der Waals surface area contributed by atoms with Crippen molar-refractivity contribution in [1.82, 2.24) is 10.2 Å². The van der Waals surface area contributed by atoms with Gasteiger partial charge in [-0.15, -0.1) is 0 Å². The molecule has 0 atom stereocenters. The Morgan fingerprint density at radius 3 is 2.80 bits per heavy atom. The van der Waals surface area contributed by atoms with E-state index in [2.05, 4.69) is 23.3 Å². The molecule has 1 aliphatic rings. The zero-order valence-corrected chi connectivity index (χ0v) is 9.62. The van der Waals surface area contributed by atoms with Crippen LogP contribution in [-0.4, -0.2) is 38.1 Å². The summed E-state index contributed by atoms with van der Waals surface area (Å²) >= 11 is 0. The molecule has 1 aliphatic heterocycles. The Bertz CT molecular complexity index is 304. The van der Waals surface area contributed by atoms with E-state index in [4.69, 9.17) is 4.42 Å². The summed E-state index contributed by atoms with van der Waals surface area (Å²) < 4.78 is 5.54. The first kappa shape index (κ1) is 10.7. The van der Waals surface area contributed by atoms with E-state index in [1.54, 1.807) is 0 Å². The van der Waals surface area contributed by atoms with E-state index in [9.17, 15) is 0 Å². The molecule has 0 radical (unpaired) electrons. The van der Waals surface area contributed by atoms with Gasteiger partial charge in [0.1, 0.15) is 11.5 Å². The molecule has 0 bridgehead atoms. The van der Waals surface area contributed by atoms with Crippen LogP contribution in [0.5, 0.6) is 0 Å². The van der Waals surface area contributed by atoms with Gasteiger partial charge in [-0.2, -0.15) is 0 Å². The number of aryl methyl sites for hydroxylation is 1. The Labute approximate surface area is 91.4 Å². The van der Waals surface area contributed by atoms with Gasteiger partial charge in [0.15, 0.2) is 0 Å². The smallest absolute Gasteiger partial charge is 0.105 e. The van der Waals surface area contributed by atoms with Gasteiger partial charge in [0, 0.05) is 32.6 Å². The average molecular weight is 208 g/mol. The van der Waals surface area contributed by atoms with Gasteiger partial charge < -0.3 is 14.6 Å². The van der Waals surface area contributed by atoms with Crippen molar-refractivity contribution < 1.29 is 4.42 Å². The van der Waals surface area contributed by atoms with E-state index in [-0.39, 0.29) is 0 Å². The minimum atomic E-state index is 0.855. The Morgan fingerprint density at radius 2 is 2.27 bits per heavy atom. The number of nitrogens with zero attached hydrogens (tertiary/aromatic N) is 1. The van der Waals surface area contributed by atoms with Crippen molar-refractivity contribution in [3.63, 3.8) is 0 Å². The minimum Gasteiger partial charge on any atom is -0.466 e. The van der Waals surface area contributed by atoms with Crippen LogP contribution in [0, 0.1) is 12.8 Å². The van der Waals surface area contributed by atoms with Crippen LogP contribution in [0.3, 0.4) is 0 Å². The second-order valence-electron chi connectivity index (χ2n) is 4.55. The summed E-state index contributed by atoms with van der Waals surface area (Å²) in [6, 6.07) is 4.11. The van der Waals surface area contributed by atoms with E-state index in [0.29, 0.717) is 0 Å². The predicted molar refractivity (Wildman–Crippen MR) is 61.0 cm³/mol. The summed E-state index contributed by atoms with van der Waals surface area (Å²) in [5.74, 6) is 2.97. The number of nitrogens with one attached hydrogen (secondary N) is 1. The molecule has 1 saturated heterocycles. The molecule has 15 heavy (non-hydrogen) atoms. The van der Waals surface area contributed by atoms with Gasteiger partial charge >= 0.3 is 0 Å². The van der Waals surface area contributed by atoms with Crippen molar-refractivity contribution in [2.75, 3.05) is 33.2 Å². The van der Waals surface area contributed by atoms with Gasteiger partial charge in [-0.3, -0.25) is 0 Å². The maximum Gasteiger partial charge on any atom is 0.105 e. The Balaban J connectivity index is 1.68. The fraction of sp³-hybridized carbons (Fsp3) is 0.667. The van der Waals surface area contributed by atoms with Crippen LogP contribution >= 0.6 is 0 Å². The molecule has 0 aliphatic carbocycles. The van der Waals surface area contributed by atoms with E-state index >= 15 is 0 Å². The molecule has 1 fully saturated rings. The van der Waals surface area contributed by atoms with Gasteiger partial charge in [-0.05, 0) is 32.0 Å². The normalized spacial score (nSPS) is 17.0. The highest BCUT2D eigenvalue weighted by Crippen LogP contribution is 2.09. The molecule has 84 valence electrons. The summed E-state index contributed by atoms with van der Waals surface area (Å²) in [6.45, 7) is 6.65.